The topological polar surface area (TPSA) is 94.7 Å². The van der Waals surface area contributed by atoms with E-state index in [9.17, 15) is 31.9 Å². The molecule has 0 aliphatic carbocycles. The zero-order valence-corrected chi connectivity index (χ0v) is 18.6. The number of aliphatic carboxylic acids is 1. The molecule has 1 heterocycles. The number of carboxylic acids is 1. The number of ether oxygens (including phenoxy) is 2. The number of nitrogens with two attached hydrogens (primary N) is 1. The highest BCUT2D eigenvalue weighted by molar-refractivity contribution is 5.73. The van der Waals surface area contributed by atoms with Crippen molar-refractivity contribution in [2.75, 3.05) is 0 Å². The van der Waals surface area contributed by atoms with E-state index in [0.717, 1.165) is 6.07 Å². The van der Waals surface area contributed by atoms with E-state index in [2.05, 4.69) is 4.98 Å². The van der Waals surface area contributed by atoms with Crippen LogP contribution in [0.2, 0.25) is 0 Å². The molecule has 0 amide bonds. The molecule has 35 heavy (non-hydrogen) atoms. The van der Waals surface area contributed by atoms with Crippen LogP contribution in [-0.4, -0.2) is 22.2 Å². The maximum absolute atomic E-state index is 14.4. The van der Waals surface area contributed by atoms with Gasteiger partial charge in [-0.1, -0.05) is 32.0 Å². The third kappa shape index (κ3) is 6.24. The Balaban J connectivity index is 2.05. The number of halogens is 5. The number of hydrogen-bond donors (Lipinski definition) is 2. The summed E-state index contributed by atoms with van der Waals surface area (Å²) in [5.41, 5.74) is 5.72. The van der Waals surface area contributed by atoms with Gasteiger partial charge in [-0.3, -0.25) is 0 Å². The van der Waals surface area contributed by atoms with Crippen LogP contribution in [0, 0.1) is 17.6 Å². The molecule has 3 N–H and O–H groups in total. The predicted molar refractivity (Wildman–Crippen MR) is 116 cm³/mol. The number of benzene rings is 2. The van der Waals surface area contributed by atoms with Crippen molar-refractivity contribution < 1.29 is 41.3 Å². The number of hydrogen-bond acceptors (Lipinski definition) is 5. The van der Waals surface area contributed by atoms with Crippen molar-refractivity contribution in [3.8, 4) is 28.6 Å². The fraction of sp³-hybridized carbons (Fsp3) is 0.250. The quantitative estimate of drug-likeness (QED) is 0.384. The standard InChI is InChI=1S/C24H21F5N2O4/c1-12(2)20(23(32)33)35-22-19(26)10-18(25)21(31-22)34-17-8-15(7-16(9-17)24(27,28)29)14-5-3-4-13(6-14)11-30/h3-10,12,20H,11,30H2,1-2H3,(H,32,33). The smallest absolute Gasteiger partial charge is 0.416 e. The van der Waals surface area contributed by atoms with Gasteiger partial charge in [0.1, 0.15) is 5.75 Å². The molecule has 3 aromatic rings. The Labute approximate surface area is 197 Å². The number of rotatable bonds is 8. The first-order chi connectivity index (χ1) is 16.4. The summed E-state index contributed by atoms with van der Waals surface area (Å²) in [6, 6.07) is 9.59. The molecule has 0 aliphatic heterocycles. The highest BCUT2D eigenvalue weighted by Gasteiger charge is 2.32. The van der Waals surface area contributed by atoms with Crippen LogP contribution in [-0.2, 0) is 17.5 Å². The highest BCUT2D eigenvalue weighted by Crippen LogP contribution is 2.38. The molecule has 186 valence electrons. The largest absolute Gasteiger partial charge is 0.478 e. The minimum atomic E-state index is -4.76. The summed E-state index contributed by atoms with van der Waals surface area (Å²) in [5, 5.41) is 9.24. The maximum atomic E-state index is 14.4. The second-order valence-electron chi connectivity index (χ2n) is 7.93. The van der Waals surface area contributed by atoms with E-state index >= 15 is 0 Å². The molecule has 0 bridgehead atoms. The van der Waals surface area contributed by atoms with E-state index in [0.29, 0.717) is 23.3 Å². The first-order valence-corrected chi connectivity index (χ1v) is 10.3. The Morgan fingerprint density at radius 3 is 2.31 bits per heavy atom. The van der Waals surface area contributed by atoms with Crippen molar-refractivity contribution >= 4 is 5.97 Å². The number of alkyl halides is 3. The number of carboxylic acid groups (broad SMARTS) is 1. The summed E-state index contributed by atoms with van der Waals surface area (Å²) in [5.74, 6) is -6.83. The average Bonchev–Trinajstić information content (AvgIpc) is 2.78. The molecular weight excluding hydrogens is 475 g/mol. The Kier molecular flexibility index (Phi) is 7.59. The van der Waals surface area contributed by atoms with Crippen molar-refractivity contribution in [3.05, 3.63) is 71.3 Å². The van der Waals surface area contributed by atoms with Gasteiger partial charge in [0.2, 0.25) is 0 Å². The number of nitrogens with zero attached hydrogens (tertiary/aromatic N) is 1. The van der Waals surface area contributed by atoms with Crippen LogP contribution >= 0.6 is 0 Å². The zero-order valence-electron chi connectivity index (χ0n) is 18.6. The van der Waals surface area contributed by atoms with E-state index < -0.39 is 58.9 Å². The van der Waals surface area contributed by atoms with Crippen LogP contribution in [0.5, 0.6) is 17.5 Å². The molecule has 3 rings (SSSR count). The van der Waals surface area contributed by atoms with E-state index in [4.69, 9.17) is 15.2 Å². The van der Waals surface area contributed by atoms with E-state index in [1.807, 2.05) is 0 Å². The van der Waals surface area contributed by atoms with Gasteiger partial charge < -0.3 is 20.3 Å². The van der Waals surface area contributed by atoms with Gasteiger partial charge in [0, 0.05) is 18.5 Å². The van der Waals surface area contributed by atoms with Crippen LogP contribution < -0.4 is 15.2 Å². The molecule has 6 nitrogen and oxygen atoms in total. The Morgan fingerprint density at radius 1 is 1.03 bits per heavy atom. The van der Waals surface area contributed by atoms with Gasteiger partial charge in [-0.25, -0.2) is 13.6 Å². The lowest BCUT2D eigenvalue weighted by molar-refractivity contribution is -0.147. The third-order valence-electron chi connectivity index (χ3n) is 4.90. The maximum Gasteiger partial charge on any atom is 0.416 e. The minimum absolute atomic E-state index is 0.106. The van der Waals surface area contributed by atoms with E-state index in [1.165, 1.54) is 19.9 Å². The van der Waals surface area contributed by atoms with Crippen molar-refractivity contribution in [2.24, 2.45) is 11.7 Å². The van der Waals surface area contributed by atoms with Crippen molar-refractivity contribution in [1.29, 1.82) is 0 Å². The first-order valence-electron chi connectivity index (χ1n) is 10.3. The van der Waals surface area contributed by atoms with Gasteiger partial charge in [-0.2, -0.15) is 18.2 Å². The van der Waals surface area contributed by atoms with Gasteiger partial charge in [0.25, 0.3) is 11.8 Å². The van der Waals surface area contributed by atoms with Crippen LogP contribution in [0.25, 0.3) is 11.1 Å². The summed E-state index contributed by atoms with van der Waals surface area (Å²) < 4.78 is 79.6. The van der Waals surface area contributed by atoms with Gasteiger partial charge in [0.05, 0.1) is 5.56 Å². The van der Waals surface area contributed by atoms with Crippen LogP contribution in [0.3, 0.4) is 0 Å². The molecule has 1 aromatic heterocycles. The van der Waals surface area contributed by atoms with Gasteiger partial charge in [0.15, 0.2) is 17.7 Å². The van der Waals surface area contributed by atoms with Gasteiger partial charge in [-0.15, -0.1) is 0 Å². The minimum Gasteiger partial charge on any atom is -0.478 e. The molecule has 1 atom stereocenters. The molecule has 0 saturated carbocycles. The summed E-state index contributed by atoms with van der Waals surface area (Å²) in [7, 11) is 0. The molecule has 11 heteroatoms. The summed E-state index contributed by atoms with van der Waals surface area (Å²) >= 11 is 0. The monoisotopic (exact) mass is 496 g/mol. The van der Waals surface area contributed by atoms with Crippen molar-refractivity contribution in [2.45, 2.75) is 32.7 Å². The molecule has 0 radical (unpaired) electrons. The average molecular weight is 496 g/mol. The lowest BCUT2D eigenvalue weighted by Crippen LogP contribution is -2.32. The molecule has 1 unspecified atom stereocenters. The third-order valence-corrected chi connectivity index (χ3v) is 4.90. The van der Waals surface area contributed by atoms with Gasteiger partial charge >= 0.3 is 12.1 Å². The summed E-state index contributed by atoms with van der Waals surface area (Å²) in [6.07, 6.45) is -6.26. The fourth-order valence-electron chi connectivity index (χ4n) is 3.16. The molecule has 0 aliphatic rings. The van der Waals surface area contributed by atoms with E-state index in [-0.39, 0.29) is 12.1 Å². The second-order valence-corrected chi connectivity index (χ2v) is 7.93. The normalized spacial score (nSPS) is 12.5. The lowest BCUT2D eigenvalue weighted by Gasteiger charge is -2.18. The molecule has 0 fully saturated rings. The Morgan fingerprint density at radius 2 is 1.71 bits per heavy atom. The second kappa shape index (κ2) is 10.3. The fourth-order valence-corrected chi connectivity index (χ4v) is 3.16. The number of aromatic nitrogens is 1. The molecular formula is C24H21F5N2O4. The Bertz CT molecular complexity index is 1230. The number of carbonyl (C=O) groups is 1. The van der Waals surface area contributed by atoms with Gasteiger partial charge in [-0.05, 0) is 41.0 Å². The summed E-state index contributed by atoms with van der Waals surface area (Å²) in [6.45, 7) is 3.17. The summed E-state index contributed by atoms with van der Waals surface area (Å²) in [4.78, 5) is 14.9. The van der Waals surface area contributed by atoms with Crippen LogP contribution in [0.4, 0.5) is 22.0 Å². The molecule has 2 aromatic carbocycles. The van der Waals surface area contributed by atoms with Crippen LogP contribution in [0.1, 0.15) is 25.0 Å². The van der Waals surface area contributed by atoms with Crippen molar-refractivity contribution in [3.63, 3.8) is 0 Å². The predicted octanol–water partition coefficient (Wildman–Crippen LogP) is 5.78. The molecule has 0 spiro atoms. The number of pyridine rings is 1. The lowest BCUT2D eigenvalue weighted by atomic mass is 10.0. The SMILES string of the molecule is CC(C)C(Oc1nc(Oc2cc(-c3cccc(CN)c3)cc(C(F)(F)F)c2)c(F)cc1F)C(=O)O. The zero-order chi connectivity index (χ0) is 25.9. The molecule has 0 saturated heterocycles. The Hall–Kier alpha value is -3.73. The highest BCUT2D eigenvalue weighted by atomic mass is 19.4. The van der Waals surface area contributed by atoms with Crippen molar-refractivity contribution in [1.82, 2.24) is 4.98 Å². The van der Waals surface area contributed by atoms with Crippen LogP contribution in [0.15, 0.2) is 48.5 Å². The first kappa shape index (κ1) is 25.9. The van der Waals surface area contributed by atoms with E-state index in [1.54, 1.807) is 24.3 Å².